The summed E-state index contributed by atoms with van der Waals surface area (Å²) in [5, 5.41) is 5.71. The van der Waals surface area contributed by atoms with Crippen molar-refractivity contribution in [2.75, 3.05) is 19.6 Å². The number of rotatable bonds is 3. The second-order valence-corrected chi connectivity index (χ2v) is 7.44. The van der Waals surface area contributed by atoms with Gasteiger partial charge in [0.25, 0.3) is 5.56 Å². The van der Waals surface area contributed by atoms with E-state index in [9.17, 15) is 4.79 Å². The van der Waals surface area contributed by atoms with E-state index in [1.54, 1.807) is 0 Å². The van der Waals surface area contributed by atoms with Gasteiger partial charge in [-0.3, -0.25) is 14.0 Å². The third-order valence-corrected chi connectivity index (χ3v) is 5.79. The molecule has 5 heteroatoms. The molecule has 0 bridgehead atoms. The summed E-state index contributed by atoms with van der Waals surface area (Å²) in [4.78, 5) is 15.9. The van der Waals surface area contributed by atoms with E-state index in [4.69, 9.17) is 0 Å². The summed E-state index contributed by atoms with van der Waals surface area (Å²) in [7, 11) is 1.97. The van der Waals surface area contributed by atoms with Gasteiger partial charge in [0.2, 0.25) is 0 Å². The first-order valence-corrected chi connectivity index (χ1v) is 9.51. The number of pyridine rings is 1. The average Bonchev–Trinajstić information content (AvgIpc) is 2.98. The molecule has 2 aliphatic rings. The van der Waals surface area contributed by atoms with Gasteiger partial charge in [-0.05, 0) is 63.6 Å². The van der Waals surface area contributed by atoms with Crippen molar-refractivity contribution in [2.24, 2.45) is 7.05 Å². The Morgan fingerprint density at radius 2 is 2.00 bits per heavy atom. The van der Waals surface area contributed by atoms with Gasteiger partial charge in [0.15, 0.2) is 0 Å². The van der Waals surface area contributed by atoms with Crippen LogP contribution in [0, 0.1) is 0 Å². The van der Waals surface area contributed by atoms with E-state index in [1.165, 1.54) is 36.8 Å². The van der Waals surface area contributed by atoms with Crippen LogP contribution in [0.3, 0.4) is 0 Å². The van der Waals surface area contributed by atoms with Crippen molar-refractivity contribution in [1.82, 2.24) is 19.2 Å². The second kappa shape index (κ2) is 6.36. The van der Waals surface area contributed by atoms with Gasteiger partial charge in [0, 0.05) is 24.5 Å². The van der Waals surface area contributed by atoms with Crippen molar-refractivity contribution in [3.8, 4) is 0 Å². The molecule has 0 radical (unpaired) electrons. The highest BCUT2D eigenvalue weighted by atomic mass is 16.1. The summed E-state index contributed by atoms with van der Waals surface area (Å²) in [6, 6.07) is 0.280. The molecule has 0 N–H and O–H groups in total. The van der Waals surface area contributed by atoms with Crippen molar-refractivity contribution >= 4 is 11.0 Å². The highest BCUT2D eigenvalue weighted by Crippen LogP contribution is 2.30. The van der Waals surface area contributed by atoms with E-state index in [0.29, 0.717) is 0 Å². The van der Waals surface area contributed by atoms with Crippen LogP contribution in [0.2, 0.25) is 0 Å². The number of aryl methyl sites for hydroxylation is 2. The van der Waals surface area contributed by atoms with Crippen molar-refractivity contribution in [2.45, 2.75) is 57.9 Å². The number of aromatic nitrogens is 3. The van der Waals surface area contributed by atoms with Gasteiger partial charge >= 0.3 is 0 Å². The number of hydrogen-bond donors (Lipinski definition) is 0. The van der Waals surface area contributed by atoms with Crippen molar-refractivity contribution in [3.05, 3.63) is 27.7 Å². The van der Waals surface area contributed by atoms with E-state index < -0.39 is 0 Å². The molecule has 5 nitrogen and oxygen atoms in total. The van der Waals surface area contributed by atoms with Gasteiger partial charge in [-0.2, -0.15) is 5.10 Å². The van der Waals surface area contributed by atoms with Crippen LogP contribution < -0.4 is 5.56 Å². The van der Waals surface area contributed by atoms with Gasteiger partial charge < -0.3 is 4.90 Å². The van der Waals surface area contributed by atoms with Crippen LogP contribution in [0.5, 0.6) is 0 Å². The predicted molar refractivity (Wildman–Crippen MR) is 96.6 cm³/mol. The summed E-state index contributed by atoms with van der Waals surface area (Å²) >= 11 is 0. The lowest BCUT2D eigenvalue weighted by molar-refractivity contribution is 0.177. The van der Waals surface area contributed by atoms with Crippen LogP contribution in [-0.2, 0) is 19.9 Å². The zero-order valence-electron chi connectivity index (χ0n) is 14.9. The molecule has 4 rings (SSSR count). The van der Waals surface area contributed by atoms with Crippen LogP contribution in [0.15, 0.2) is 11.0 Å². The number of nitrogens with zero attached hydrogens (tertiary/aromatic N) is 4. The lowest BCUT2D eigenvalue weighted by Gasteiger charge is -2.34. The molecule has 1 aliphatic heterocycles. The SMILES string of the molecule is CCCN1CCCC(n2c(=O)c3c(c4cnn(C)c42)CCCC3)C1. The van der Waals surface area contributed by atoms with Crippen molar-refractivity contribution in [3.63, 3.8) is 0 Å². The maximum atomic E-state index is 13.3. The van der Waals surface area contributed by atoms with Gasteiger partial charge in [-0.1, -0.05) is 6.92 Å². The number of fused-ring (bicyclic) bond motifs is 3. The van der Waals surface area contributed by atoms with Crippen LogP contribution in [0.1, 0.15) is 56.2 Å². The molecule has 0 spiro atoms. The zero-order chi connectivity index (χ0) is 16.7. The largest absolute Gasteiger partial charge is 0.301 e. The van der Waals surface area contributed by atoms with E-state index >= 15 is 0 Å². The molecule has 1 aliphatic carbocycles. The summed E-state index contributed by atoms with van der Waals surface area (Å²) < 4.78 is 4.00. The first kappa shape index (κ1) is 15.9. The lowest BCUT2D eigenvalue weighted by atomic mass is 9.90. The fourth-order valence-corrected chi connectivity index (χ4v) is 4.71. The topological polar surface area (TPSA) is 43.1 Å². The minimum absolute atomic E-state index is 0.254. The fraction of sp³-hybridized carbons (Fsp3) is 0.684. The summed E-state index contributed by atoms with van der Waals surface area (Å²) in [5.41, 5.74) is 3.62. The molecule has 1 unspecified atom stereocenters. The molecule has 1 fully saturated rings. The van der Waals surface area contributed by atoms with Crippen LogP contribution >= 0.6 is 0 Å². The first-order valence-electron chi connectivity index (χ1n) is 9.51. The van der Waals surface area contributed by atoms with Gasteiger partial charge in [-0.15, -0.1) is 0 Å². The highest BCUT2D eigenvalue weighted by molar-refractivity contribution is 5.80. The maximum Gasteiger partial charge on any atom is 0.255 e. The molecule has 24 heavy (non-hydrogen) atoms. The molecule has 2 aromatic heterocycles. The van der Waals surface area contributed by atoms with E-state index in [-0.39, 0.29) is 11.6 Å². The quantitative estimate of drug-likeness (QED) is 0.870. The number of piperidine rings is 1. The minimum Gasteiger partial charge on any atom is -0.301 e. The number of hydrogen-bond acceptors (Lipinski definition) is 3. The van der Waals surface area contributed by atoms with Gasteiger partial charge in [0.1, 0.15) is 5.65 Å². The van der Waals surface area contributed by atoms with Crippen molar-refractivity contribution < 1.29 is 0 Å². The van der Waals surface area contributed by atoms with E-state index in [0.717, 1.165) is 50.0 Å². The fourth-order valence-electron chi connectivity index (χ4n) is 4.71. The maximum absolute atomic E-state index is 13.3. The summed E-state index contributed by atoms with van der Waals surface area (Å²) in [6.07, 6.45) is 9.71. The third-order valence-electron chi connectivity index (χ3n) is 5.79. The molecule has 1 saturated heterocycles. The molecule has 1 atom stereocenters. The third kappa shape index (κ3) is 2.50. The Bertz CT molecular complexity index is 802. The molecule has 0 amide bonds. The molecule has 0 aromatic carbocycles. The van der Waals surface area contributed by atoms with E-state index in [2.05, 4.69) is 21.5 Å². The Labute approximate surface area is 143 Å². The normalized spacial score (nSPS) is 22.0. The molecule has 3 heterocycles. The monoisotopic (exact) mass is 328 g/mol. The predicted octanol–water partition coefficient (Wildman–Crippen LogP) is 2.66. The molecular weight excluding hydrogens is 300 g/mol. The zero-order valence-corrected chi connectivity index (χ0v) is 14.9. The standard InChI is InChI=1S/C19H28N4O/c1-3-10-22-11-6-7-14(13-22)23-18-17(12-20-21(18)2)15-8-4-5-9-16(15)19(23)24/h12,14H,3-11,13H2,1-2H3. The summed E-state index contributed by atoms with van der Waals surface area (Å²) in [5.74, 6) is 0. The molecule has 130 valence electrons. The Hall–Kier alpha value is -1.62. The van der Waals surface area contributed by atoms with E-state index in [1.807, 2.05) is 17.9 Å². The second-order valence-electron chi connectivity index (χ2n) is 7.44. The van der Waals surface area contributed by atoms with Crippen LogP contribution in [-0.4, -0.2) is 38.9 Å². The average molecular weight is 328 g/mol. The minimum atomic E-state index is 0.254. The highest BCUT2D eigenvalue weighted by Gasteiger charge is 2.28. The summed E-state index contributed by atoms with van der Waals surface area (Å²) in [6.45, 7) is 5.52. The smallest absolute Gasteiger partial charge is 0.255 e. The number of likely N-dealkylation sites (tertiary alicyclic amines) is 1. The van der Waals surface area contributed by atoms with Gasteiger partial charge in [0.05, 0.1) is 12.2 Å². The van der Waals surface area contributed by atoms with Crippen LogP contribution in [0.4, 0.5) is 0 Å². The molecule has 0 saturated carbocycles. The Morgan fingerprint density at radius 3 is 2.79 bits per heavy atom. The lowest BCUT2D eigenvalue weighted by Crippen LogP contribution is -2.41. The van der Waals surface area contributed by atoms with Crippen LogP contribution in [0.25, 0.3) is 11.0 Å². The van der Waals surface area contributed by atoms with Crippen molar-refractivity contribution in [1.29, 1.82) is 0 Å². The molecular formula is C19H28N4O. The Balaban J connectivity index is 1.87. The Kier molecular flexibility index (Phi) is 4.21. The molecule has 2 aromatic rings. The van der Waals surface area contributed by atoms with Gasteiger partial charge in [-0.25, -0.2) is 0 Å². The Morgan fingerprint density at radius 1 is 1.21 bits per heavy atom. The first-order chi connectivity index (χ1) is 11.7.